The standard InChI is InChI=1S/C16H10Br2N2O3S/c17-9-6-10(15(21)20-19)14(11(18)7-9)23-16(22)13-5-8-3-1-2-4-12(8)24-13/h1-7H,19H2,(H,20,21). The first-order valence-electron chi connectivity index (χ1n) is 6.70. The summed E-state index contributed by atoms with van der Waals surface area (Å²) in [5.41, 5.74) is 2.19. The number of carbonyl (C=O) groups is 2. The number of nitrogens with one attached hydrogen (secondary N) is 1. The van der Waals surface area contributed by atoms with Gasteiger partial charge >= 0.3 is 5.97 Å². The van der Waals surface area contributed by atoms with Gasteiger partial charge in [-0.15, -0.1) is 11.3 Å². The lowest BCUT2D eigenvalue weighted by atomic mass is 10.2. The third-order valence-electron chi connectivity index (χ3n) is 3.21. The van der Waals surface area contributed by atoms with Crippen LogP contribution >= 0.6 is 43.2 Å². The molecule has 24 heavy (non-hydrogen) atoms. The summed E-state index contributed by atoms with van der Waals surface area (Å²) in [5.74, 6) is 4.22. The molecule has 3 aromatic rings. The van der Waals surface area contributed by atoms with Crippen molar-refractivity contribution in [3.8, 4) is 5.75 Å². The Hall–Kier alpha value is -1.74. The molecule has 122 valence electrons. The number of halogens is 2. The van der Waals surface area contributed by atoms with E-state index in [9.17, 15) is 9.59 Å². The van der Waals surface area contributed by atoms with Gasteiger partial charge in [-0.2, -0.15) is 0 Å². The van der Waals surface area contributed by atoms with Gasteiger partial charge in [0.2, 0.25) is 0 Å². The summed E-state index contributed by atoms with van der Waals surface area (Å²) < 4.78 is 7.55. The molecule has 2 aromatic carbocycles. The highest BCUT2D eigenvalue weighted by atomic mass is 79.9. The van der Waals surface area contributed by atoms with E-state index in [4.69, 9.17) is 10.6 Å². The molecule has 0 fully saturated rings. The van der Waals surface area contributed by atoms with Crippen molar-refractivity contribution in [2.45, 2.75) is 0 Å². The molecule has 0 unspecified atom stereocenters. The van der Waals surface area contributed by atoms with Crippen LogP contribution in [-0.4, -0.2) is 11.9 Å². The van der Waals surface area contributed by atoms with Crippen LogP contribution in [0.3, 0.4) is 0 Å². The van der Waals surface area contributed by atoms with Gasteiger partial charge in [0.05, 0.1) is 10.0 Å². The molecule has 8 heteroatoms. The van der Waals surface area contributed by atoms with Gasteiger partial charge in [-0.25, -0.2) is 10.6 Å². The fraction of sp³-hybridized carbons (Fsp3) is 0. The summed E-state index contributed by atoms with van der Waals surface area (Å²) in [7, 11) is 0. The average molecular weight is 470 g/mol. The van der Waals surface area contributed by atoms with E-state index < -0.39 is 11.9 Å². The Balaban J connectivity index is 1.98. The summed E-state index contributed by atoms with van der Waals surface area (Å²) in [5, 5.41) is 0.962. The van der Waals surface area contributed by atoms with E-state index in [1.807, 2.05) is 29.7 Å². The van der Waals surface area contributed by atoms with E-state index in [0.29, 0.717) is 13.8 Å². The highest BCUT2D eigenvalue weighted by molar-refractivity contribution is 9.11. The van der Waals surface area contributed by atoms with Crippen LogP contribution in [0.25, 0.3) is 10.1 Å². The van der Waals surface area contributed by atoms with Crippen LogP contribution in [-0.2, 0) is 0 Å². The molecule has 3 N–H and O–H groups in total. The van der Waals surface area contributed by atoms with Crippen LogP contribution in [0.15, 0.2) is 51.4 Å². The Bertz CT molecular complexity index is 923. The van der Waals surface area contributed by atoms with E-state index in [-0.39, 0.29) is 11.3 Å². The first-order valence-corrected chi connectivity index (χ1v) is 9.10. The number of fused-ring (bicyclic) bond motifs is 1. The zero-order chi connectivity index (χ0) is 17.3. The molecule has 5 nitrogen and oxygen atoms in total. The van der Waals surface area contributed by atoms with E-state index in [1.165, 1.54) is 17.4 Å². The second kappa shape index (κ2) is 7.02. The largest absolute Gasteiger partial charge is 0.420 e. The molecule has 0 radical (unpaired) electrons. The molecule has 1 heterocycles. The fourth-order valence-corrected chi connectivity index (χ4v) is 4.38. The molecule has 0 spiro atoms. The Morgan fingerprint density at radius 1 is 1.12 bits per heavy atom. The van der Waals surface area contributed by atoms with Gasteiger partial charge in [0.1, 0.15) is 4.88 Å². The molecule has 1 aromatic heterocycles. The lowest BCUT2D eigenvalue weighted by molar-refractivity contribution is 0.0736. The molecular weight excluding hydrogens is 460 g/mol. The van der Waals surface area contributed by atoms with Crippen LogP contribution in [0, 0.1) is 0 Å². The monoisotopic (exact) mass is 468 g/mol. The summed E-state index contributed by atoms with van der Waals surface area (Å²) in [6, 6.07) is 12.6. The maximum absolute atomic E-state index is 12.5. The molecule has 0 aliphatic carbocycles. The van der Waals surface area contributed by atoms with Gasteiger partial charge in [0.15, 0.2) is 5.75 Å². The number of hydrazine groups is 1. The zero-order valence-corrected chi connectivity index (χ0v) is 16.0. The highest BCUT2D eigenvalue weighted by Crippen LogP contribution is 2.34. The lowest BCUT2D eigenvalue weighted by Gasteiger charge is -2.11. The number of thiophene rings is 1. The third kappa shape index (κ3) is 3.36. The molecule has 0 saturated carbocycles. The minimum absolute atomic E-state index is 0.114. The first-order chi connectivity index (χ1) is 11.5. The number of carbonyl (C=O) groups excluding carboxylic acids is 2. The van der Waals surface area contributed by atoms with Gasteiger partial charge in [-0.1, -0.05) is 34.1 Å². The van der Waals surface area contributed by atoms with Gasteiger partial charge < -0.3 is 4.74 Å². The topological polar surface area (TPSA) is 81.4 Å². The van der Waals surface area contributed by atoms with E-state index >= 15 is 0 Å². The van der Waals surface area contributed by atoms with Crippen molar-refractivity contribution in [2.24, 2.45) is 5.84 Å². The number of nitrogens with two attached hydrogens (primary N) is 1. The van der Waals surface area contributed by atoms with Crippen molar-refractivity contribution >= 4 is 65.2 Å². The summed E-state index contributed by atoms with van der Waals surface area (Å²) in [6.45, 7) is 0. The van der Waals surface area contributed by atoms with E-state index in [2.05, 4.69) is 31.9 Å². The van der Waals surface area contributed by atoms with Crippen molar-refractivity contribution in [3.05, 3.63) is 61.9 Å². The Labute approximate surface area is 158 Å². The summed E-state index contributed by atoms with van der Waals surface area (Å²) >= 11 is 7.93. The molecular formula is C16H10Br2N2O3S. The molecule has 0 saturated heterocycles. The molecule has 0 aliphatic heterocycles. The van der Waals surface area contributed by atoms with Crippen molar-refractivity contribution < 1.29 is 14.3 Å². The van der Waals surface area contributed by atoms with Gasteiger partial charge in [-0.3, -0.25) is 10.2 Å². The van der Waals surface area contributed by atoms with Gasteiger partial charge in [0.25, 0.3) is 5.91 Å². The number of ether oxygens (including phenoxy) is 1. The first kappa shape index (κ1) is 17.1. The molecule has 3 rings (SSSR count). The number of benzene rings is 2. The van der Waals surface area contributed by atoms with Crippen molar-refractivity contribution in [1.29, 1.82) is 0 Å². The maximum Gasteiger partial charge on any atom is 0.353 e. The van der Waals surface area contributed by atoms with E-state index in [0.717, 1.165) is 10.1 Å². The predicted molar refractivity (Wildman–Crippen MR) is 100 cm³/mol. The van der Waals surface area contributed by atoms with Crippen molar-refractivity contribution in [1.82, 2.24) is 5.43 Å². The normalized spacial score (nSPS) is 10.6. The molecule has 0 atom stereocenters. The minimum atomic E-state index is -0.559. The van der Waals surface area contributed by atoms with Crippen LogP contribution < -0.4 is 16.0 Å². The zero-order valence-electron chi connectivity index (χ0n) is 12.0. The van der Waals surface area contributed by atoms with Crippen LogP contribution in [0.5, 0.6) is 5.75 Å². The quantitative estimate of drug-likeness (QED) is 0.197. The molecule has 0 bridgehead atoms. The lowest BCUT2D eigenvalue weighted by Crippen LogP contribution is -2.30. The van der Waals surface area contributed by atoms with E-state index in [1.54, 1.807) is 12.1 Å². The van der Waals surface area contributed by atoms with Crippen molar-refractivity contribution in [2.75, 3.05) is 0 Å². The average Bonchev–Trinajstić information content (AvgIpc) is 3.00. The molecule has 0 aliphatic rings. The third-order valence-corrected chi connectivity index (χ3v) is 5.35. The number of hydrogen-bond acceptors (Lipinski definition) is 5. The van der Waals surface area contributed by atoms with Crippen LogP contribution in [0.4, 0.5) is 0 Å². The SMILES string of the molecule is NNC(=O)c1cc(Br)cc(Br)c1OC(=O)c1cc2ccccc2s1. The van der Waals surface area contributed by atoms with Crippen molar-refractivity contribution in [3.63, 3.8) is 0 Å². The van der Waals surface area contributed by atoms with Crippen LogP contribution in [0.1, 0.15) is 20.0 Å². The second-order valence-electron chi connectivity index (χ2n) is 4.78. The Morgan fingerprint density at radius 3 is 2.58 bits per heavy atom. The van der Waals surface area contributed by atoms with Gasteiger partial charge in [0, 0.05) is 9.17 Å². The van der Waals surface area contributed by atoms with Gasteiger partial charge in [-0.05, 0) is 45.6 Å². The predicted octanol–water partition coefficient (Wildman–Crippen LogP) is 4.25. The second-order valence-corrected chi connectivity index (χ2v) is 7.63. The number of amides is 1. The summed E-state index contributed by atoms with van der Waals surface area (Å²) in [4.78, 5) is 24.9. The number of nitrogen functional groups attached to an aromatic ring is 1. The number of esters is 1. The Kier molecular flexibility index (Phi) is 5.00. The Morgan fingerprint density at radius 2 is 1.88 bits per heavy atom. The number of hydrogen-bond donors (Lipinski definition) is 2. The van der Waals surface area contributed by atoms with Crippen LogP contribution in [0.2, 0.25) is 0 Å². The molecule has 1 amide bonds. The maximum atomic E-state index is 12.5. The fourth-order valence-electron chi connectivity index (χ4n) is 2.14. The smallest absolute Gasteiger partial charge is 0.353 e. The number of rotatable bonds is 3. The minimum Gasteiger partial charge on any atom is -0.420 e. The summed E-state index contributed by atoms with van der Waals surface area (Å²) in [6.07, 6.45) is 0. The highest BCUT2D eigenvalue weighted by Gasteiger charge is 2.21.